The number of benzene rings is 1. The highest BCUT2D eigenvalue weighted by atomic mass is 35.5. The van der Waals surface area contributed by atoms with E-state index in [1.807, 2.05) is 4.90 Å². The summed E-state index contributed by atoms with van der Waals surface area (Å²) in [5.41, 5.74) is 1.06. The maximum absolute atomic E-state index is 11.2. The van der Waals surface area contributed by atoms with Gasteiger partial charge in [0.1, 0.15) is 0 Å². The lowest BCUT2D eigenvalue weighted by Gasteiger charge is -2.35. The first kappa shape index (κ1) is 15.2. The second-order valence-electron chi connectivity index (χ2n) is 4.27. The first-order valence-corrected chi connectivity index (χ1v) is 5.83. The second-order valence-corrected chi connectivity index (χ2v) is 4.27. The van der Waals surface area contributed by atoms with Gasteiger partial charge in [0.05, 0.1) is 4.92 Å². The number of rotatable bonds is 2. The van der Waals surface area contributed by atoms with Crippen LogP contribution >= 0.6 is 12.4 Å². The molecule has 7 heteroatoms. The average molecular weight is 286 g/mol. The first-order valence-electron chi connectivity index (χ1n) is 5.83. The highest BCUT2D eigenvalue weighted by Gasteiger charge is 2.19. The number of amides is 1. The molecule has 0 radical (unpaired) electrons. The molecule has 0 atom stereocenters. The summed E-state index contributed by atoms with van der Waals surface area (Å²) in [6.07, 6.45) is 0. The smallest absolute Gasteiger partial charge is 0.269 e. The van der Waals surface area contributed by atoms with Gasteiger partial charge in [-0.25, -0.2) is 0 Å². The molecule has 1 aromatic carbocycles. The van der Waals surface area contributed by atoms with E-state index in [4.69, 9.17) is 0 Å². The fourth-order valence-electron chi connectivity index (χ4n) is 2.06. The van der Waals surface area contributed by atoms with E-state index in [2.05, 4.69) is 4.90 Å². The molecular formula is C12H16ClN3O3. The number of piperazine rings is 1. The van der Waals surface area contributed by atoms with Crippen LogP contribution in [-0.4, -0.2) is 41.9 Å². The van der Waals surface area contributed by atoms with Crippen LogP contribution < -0.4 is 4.90 Å². The average Bonchev–Trinajstić information content (AvgIpc) is 2.39. The zero-order valence-corrected chi connectivity index (χ0v) is 11.4. The van der Waals surface area contributed by atoms with Crippen LogP contribution in [0.15, 0.2) is 24.3 Å². The van der Waals surface area contributed by atoms with Crippen molar-refractivity contribution in [3.8, 4) is 0 Å². The van der Waals surface area contributed by atoms with Crippen LogP contribution in [0, 0.1) is 10.1 Å². The maximum atomic E-state index is 11.2. The summed E-state index contributed by atoms with van der Waals surface area (Å²) in [6, 6.07) is 6.52. The summed E-state index contributed by atoms with van der Waals surface area (Å²) in [6.45, 7) is 4.50. The van der Waals surface area contributed by atoms with Gasteiger partial charge in [-0.15, -0.1) is 12.4 Å². The Morgan fingerprint density at radius 2 is 1.68 bits per heavy atom. The highest BCUT2D eigenvalue weighted by Crippen LogP contribution is 2.20. The van der Waals surface area contributed by atoms with Crippen molar-refractivity contribution >= 4 is 29.7 Å². The van der Waals surface area contributed by atoms with Crippen LogP contribution in [0.2, 0.25) is 0 Å². The first-order chi connectivity index (χ1) is 8.58. The SMILES string of the molecule is CC(=O)N1CCN(c2ccc([N+](=O)[O-])cc2)CC1.Cl. The third-order valence-corrected chi connectivity index (χ3v) is 3.15. The number of nitro groups is 1. The van der Waals surface area contributed by atoms with Gasteiger partial charge >= 0.3 is 0 Å². The summed E-state index contributed by atoms with van der Waals surface area (Å²) in [4.78, 5) is 25.3. The van der Waals surface area contributed by atoms with Gasteiger partial charge in [0.15, 0.2) is 0 Å². The maximum Gasteiger partial charge on any atom is 0.269 e. The molecule has 1 aliphatic rings. The number of carbonyl (C=O) groups excluding carboxylic acids is 1. The Morgan fingerprint density at radius 1 is 1.16 bits per heavy atom. The van der Waals surface area contributed by atoms with E-state index < -0.39 is 4.92 Å². The Hall–Kier alpha value is -1.82. The zero-order valence-electron chi connectivity index (χ0n) is 10.6. The molecule has 104 valence electrons. The van der Waals surface area contributed by atoms with E-state index in [9.17, 15) is 14.9 Å². The molecule has 1 fully saturated rings. The van der Waals surface area contributed by atoms with Crippen molar-refractivity contribution in [2.75, 3.05) is 31.1 Å². The molecule has 0 spiro atoms. The number of nitrogens with zero attached hydrogens (tertiary/aromatic N) is 3. The number of hydrogen-bond donors (Lipinski definition) is 0. The van der Waals surface area contributed by atoms with Crippen LogP contribution in [0.4, 0.5) is 11.4 Å². The van der Waals surface area contributed by atoms with E-state index in [0.29, 0.717) is 13.1 Å². The summed E-state index contributed by atoms with van der Waals surface area (Å²) < 4.78 is 0. The van der Waals surface area contributed by atoms with Crippen molar-refractivity contribution < 1.29 is 9.72 Å². The molecular weight excluding hydrogens is 270 g/mol. The third kappa shape index (κ3) is 3.57. The standard InChI is InChI=1S/C12H15N3O3.ClH/c1-10(16)13-6-8-14(9-7-13)11-2-4-12(5-3-11)15(17)18;/h2-5H,6-9H2,1H3;1H. The molecule has 6 nitrogen and oxygen atoms in total. The largest absolute Gasteiger partial charge is 0.368 e. The van der Waals surface area contributed by atoms with Gasteiger partial charge in [0.25, 0.3) is 5.69 Å². The Balaban J connectivity index is 0.00000180. The van der Waals surface area contributed by atoms with Crippen molar-refractivity contribution in [2.45, 2.75) is 6.92 Å². The lowest BCUT2D eigenvalue weighted by Crippen LogP contribution is -2.48. The van der Waals surface area contributed by atoms with Crippen molar-refractivity contribution in [3.05, 3.63) is 34.4 Å². The zero-order chi connectivity index (χ0) is 13.1. The number of anilines is 1. The monoisotopic (exact) mass is 285 g/mol. The second kappa shape index (κ2) is 6.38. The molecule has 1 saturated heterocycles. The summed E-state index contributed by atoms with van der Waals surface area (Å²) in [7, 11) is 0. The van der Waals surface area contributed by atoms with Gasteiger partial charge in [-0.1, -0.05) is 0 Å². The predicted octanol–water partition coefficient (Wildman–Crippen LogP) is 1.69. The molecule has 0 aliphatic carbocycles. The van der Waals surface area contributed by atoms with Gasteiger partial charge in [0.2, 0.25) is 5.91 Å². The fourth-order valence-corrected chi connectivity index (χ4v) is 2.06. The number of nitro benzene ring substituents is 1. The Bertz CT molecular complexity index is 456. The molecule has 1 heterocycles. The highest BCUT2D eigenvalue weighted by molar-refractivity contribution is 5.85. The van der Waals surface area contributed by atoms with Crippen LogP contribution in [0.1, 0.15) is 6.92 Å². The number of halogens is 1. The number of non-ortho nitro benzene ring substituents is 1. The lowest BCUT2D eigenvalue weighted by atomic mass is 10.2. The Labute approximate surface area is 117 Å². The molecule has 1 amide bonds. The van der Waals surface area contributed by atoms with Crippen molar-refractivity contribution in [2.24, 2.45) is 0 Å². The van der Waals surface area contributed by atoms with Crippen molar-refractivity contribution in [3.63, 3.8) is 0 Å². The summed E-state index contributed by atoms with van der Waals surface area (Å²) in [5, 5.41) is 10.6. The Morgan fingerprint density at radius 3 is 2.11 bits per heavy atom. The molecule has 1 aromatic rings. The fraction of sp³-hybridized carbons (Fsp3) is 0.417. The van der Waals surface area contributed by atoms with Gasteiger partial charge in [-0.3, -0.25) is 14.9 Å². The van der Waals surface area contributed by atoms with Gasteiger partial charge in [0, 0.05) is 50.9 Å². The summed E-state index contributed by atoms with van der Waals surface area (Å²) >= 11 is 0. The molecule has 19 heavy (non-hydrogen) atoms. The Kier molecular flexibility index (Phi) is 5.11. The summed E-state index contributed by atoms with van der Waals surface area (Å²) in [5.74, 6) is 0.0957. The molecule has 0 saturated carbocycles. The topological polar surface area (TPSA) is 66.7 Å². The normalized spacial score (nSPS) is 14.8. The van der Waals surface area contributed by atoms with Gasteiger partial charge in [-0.05, 0) is 12.1 Å². The molecule has 0 N–H and O–H groups in total. The molecule has 0 bridgehead atoms. The van der Waals surface area contributed by atoms with E-state index >= 15 is 0 Å². The molecule has 0 aromatic heterocycles. The third-order valence-electron chi connectivity index (χ3n) is 3.15. The van der Waals surface area contributed by atoms with E-state index in [0.717, 1.165) is 18.8 Å². The minimum atomic E-state index is -0.405. The van der Waals surface area contributed by atoms with Crippen molar-refractivity contribution in [1.29, 1.82) is 0 Å². The van der Waals surface area contributed by atoms with Gasteiger partial charge in [-0.2, -0.15) is 0 Å². The lowest BCUT2D eigenvalue weighted by molar-refractivity contribution is -0.384. The molecule has 2 rings (SSSR count). The minimum absolute atomic E-state index is 0. The van der Waals surface area contributed by atoms with E-state index in [1.54, 1.807) is 19.1 Å². The molecule has 1 aliphatic heterocycles. The number of carbonyl (C=O) groups is 1. The van der Waals surface area contributed by atoms with Crippen LogP contribution in [0.3, 0.4) is 0 Å². The molecule has 0 unspecified atom stereocenters. The van der Waals surface area contributed by atoms with Gasteiger partial charge < -0.3 is 9.80 Å². The number of hydrogen-bond acceptors (Lipinski definition) is 4. The quantitative estimate of drug-likeness (QED) is 0.612. The van der Waals surface area contributed by atoms with E-state index in [1.165, 1.54) is 12.1 Å². The van der Waals surface area contributed by atoms with E-state index in [-0.39, 0.29) is 24.0 Å². The van der Waals surface area contributed by atoms with Crippen molar-refractivity contribution in [1.82, 2.24) is 4.90 Å². The van der Waals surface area contributed by atoms with Crippen LogP contribution in [0.25, 0.3) is 0 Å². The predicted molar refractivity (Wildman–Crippen MR) is 74.8 cm³/mol. The van der Waals surface area contributed by atoms with Crippen LogP contribution in [-0.2, 0) is 4.79 Å². The van der Waals surface area contributed by atoms with Crippen LogP contribution in [0.5, 0.6) is 0 Å². The minimum Gasteiger partial charge on any atom is -0.368 e.